The summed E-state index contributed by atoms with van der Waals surface area (Å²) in [5.74, 6) is 2.63. The Morgan fingerprint density at radius 2 is 1.70 bits per heavy atom. The zero-order valence-electron chi connectivity index (χ0n) is 21.6. The van der Waals surface area contributed by atoms with Gasteiger partial charge in [0.15, 0.2) is 0 Å². The molecule has 8 nitrogen and oxygen atoms in total. The first-order chi connectivity index (χ1) is 18.1. The Kier molecular flexibility index (Phi) is 8.78. The Bertz CT molecular complexity index is 1290. The average molecular weight is 499 g/mol. The summed E-state index contributed by atoms with van der Waals surface area (Å²) >= 11 is 0. The van der Waals surface area contributed by atoms with Crippen molar-refractivity contribution in [2.45, 2.75) is 13.8 Å². The van der Waals surface area contributed by atoms with E-state index in [0.717, 1.165) is 47.9 Å². The maximum atomic E-state index is 6.04. The van der Waals surface area contributed by atoms with Crippen LogP contribution in [0.5, 0.6) is 11.5 Å². The standard InChI is InChI=1S/C29H34N6O2/c1-4-35(5-2)17-18-37-24-15-13-23(14-16-24)32-29-31-20-25(21-9-8-10-22(30)19-21)28(34-29)33-26-11-6-7-12-27(26)36-3/h6-16,19-20H,4-5,17-18,30H2,1-3H3,(H2,31,32,33,34). The van der Waals surface area contributed by atoms with Crippen LogP contribution in [0.25, 0.3) is 11.1 Å². The van der Waals surface area contributed by atoms with Crippen molar-refractivity contribution < 1.29 is 9.47 Å². The van der Waals surface area contributed by atoms with Crippen LogP contribution in [0.2, 0.25) is 0 Å². The molecule has 4 aromatic rings. The molecule has 0 aliphatic rings. The van der Waals surface area contributed by atoms with Crippen molar-refractivity contribution in [3.05, 3.63) is 79.0 Å². The number of aromatic nitrogens is 2. The highest BCUT2D eigenvalue weighted by Crippen LogP contribution is 2.33. The highest BCUT2D eigenvalue weighted by atomic mass is 16.5. The number of benzene rings is 3. The topological polar surface area (TPSA) is 97.6 Å². The van der Waals surface area contributed by atoms with Gasteiger partial charge in [-0.1, -0.05) is 38.1 Å². The number of methoxy groups -OCH3 is 1. The van der Waals surface area contributed by atoms with Gasteiger partial charge in [-0.2, -0.15) is 4.98 Å². The van der Waals surface area contributed by atoms with Crippen LogP contribution >= 0.6 is 0 Å². The normalized spacial score (nSPS) is 10.8. The number of nitrogen functional groups attached to an aromatic ring is 1. The largest absolute Gasteiger partial charge is 0.495 e. The number of para-hydroxylation sites is 2. The first kappa shape index (κ1) is 25.8. The van der Waals surface area contributed by atoms with Crippen molar-refractivity contribution in [3.8, 4) is 22.6 Å². The molecule has 4 N–H and O–H groups in total. The molecule has 0 aliphatic heterocycles. The van der Waals surface area contributed by atoms with Gasteiger partial charge in [-0.3, -0.25) is 0 Å². The molecule has 0 bridgehead atoms. The van der Waals surface area contributed by atoms with Crippen LogP contribution in [-0.4, -0.2) is 48.2 Å². The summed E-state index contributed by atoms with van der Waals surface area (Å²) in [5, 5.41) is 6.69. The maximum absolute atomic E-state index is 6.04. The number of nitrogens with zero attached hydrogens (tertiary/aromatic N) is 3. The highest BCUT2D eigenvalue weighted by Gasteiger charge is 2.13. The highest BCUT2D eigenvalue weighted by molar-refractivity contribution is 5.81. The number of nitrogens with one attached hydrogen (secondary N) is 2. The maximum Gasteiger partial charge on any atom is 0.229 e. The first-order valence-electron chi connectivity index (χ1n) is 12.4. The molecule has 0 saturated heterocycles. The fourth-order valence-corrected chi connectivity index (χ4v) is 3.93. The Balaban J connectivity index is 1.54. The molecule has 0 aliphatic carbocycles. The van der Waals surface area contributed by atoms with Gasteiger partial charge >= 0.3 is 0 Å². The number of hydrogen-bond donors (Lipinski definition) is 3. The second kappa shape index (κ2) is 12.6. The number of anilines is 5. The summed E-state index contributed by atoms with van der Waals surface area (Å²) in [5.41, 5.74) is 10.1. The van der Waals surface area contributed by atoms with E-state index in [1.54, 1.807) is 13.3 Å². The minimum atomic E-state index is 0.459. The average Bonchev–Trinajstić information content (AvgIpc) is 2.92. The first-order valence-corrected chi connectivity index (χ1v) is 12.4. The van der Waals surface area contributed by atoms with Gasteiger partial charge < -0.3 is 30.7 Å². The van der Waals surface area contributed by atoms with Crippen LogP contribution in [0.1, 0.15) is 13.8 Å². The molecule has 8 heteroatoms. The molecule has 0 unspecified atom stereocenters. The zero-order valence-corrected chi connectivity index (χ0v) is 21.6. The Labute approximate surface area is 218 Å². The summed E-state index contributed by atoms with van der Waals surface area (Å²) < 4.78 is 11.4. The second-order valence-electron chi connectivity index (χ2n) is 8.43. The van der Waals surface area contributed by atoms with Crippen molar-refractivity contribution in [1.82, 2.24) is 14.9 Å². The lowest BCUT2D eigenvalue weighted by molar-refractivity contribution is 0.223. The molecule has 1 aromatic heterocycles. The van der Waals surface area contributed by atoms with Crippen LogP contribution in [0, 0.1) is 0 Å². The van der Waals surface area contributed by atoms with Crippen molar-refractivity contribution in [2.24, 2.45) is 0 Å². The van der Waals surface area contributed by atoms with Crippen molar-refractivity contribution in [3.63, 3.8) is 0 Å². The van der Waals surface area contributed by atoms with Crippen LogP contribution in [-0.2, 0) is 0 Å². The summed E-state index contributed by atoms with van der Waals surface area (Å²) in [7, 11) is 1.64. The third-order valence-electron chi connectivity index (χ3n) is 6.03. The zero-order chi connectivity index (χ0) is 26.0. The summed E-state index contributed by atoms with van der Waals surface area (Å²) in [6, 6.07) is 23.1. The van der Waals surface area contributed by atoms with E-state index in [0.29, 0.717) is 29.8 Å². The predicted octanol–water partition coefficient (Wildman–Crippen LogP) is 5.94. The van der Waals surface area contributed by atoms with Crippen LogP contribution < -0.4 is 25.8 Å². The van der Waals surface area contributed by atoms with Crippen molar-refractivity contribution >= 4 is 28.8 Å². The minimum absolute atomic E-state index is 0.459. The van der Waals surface area contributed by atoms with Crippen LogP contribution in [0.3, 0.4) is 0 Å². The predicted molar refractivity (Wildman–Crippen MR) is 151 cm³/mol. The third kappa shape index (κ3) is 6.89. The Morgan fingerprint density at radius 3 is 2.43 bits per heavy atom. The van der Waals surface area contributed by atoms with Crippen molar-refractivity contribution in [2.75, 3.05) is 49.7 Å². The van der Waals surface area contributed by atoms with E-state index in [1.165, 1.54) is 0 Å². The van der Waals surface area contributed by atoms with E-state index in [1.807, 2.05) is 72.8 Å². The lowest BCUT2D eigenvalue weighted by Gasteiger charge is -2.18. The van der Waals surface area contributed by atoms with Gasteiger partial charge in [0, 0.05) is 29.7 Å². The van der Waals surface area contributed by atoms with Gasteiger partial charge in [0.25, 0.3) is 0 Å². The molecule has 37 heavy (non-hydrogen) atoms. The van der Waals surface area contributed by atoms with E-state index < -0.39 is 0 Å². The number of nitrogens with two attached hydrogens (primary N) is 1. The van der Waals surface area contributed by atoms with E-state index in [9.17, 15) is 0 Å². The SMILES string of the molecule is CCN(CC)CCOc1ccc(Nc2ncc(-c3cccc(N)c3)c(Nc3ccccc3OC)n2)cc1. The molecule has 0 radical (unpaired) electrons. The number of likely N-dealkylation sites (N-methyl/N-ethyl adjacent to an activating group) is 1. The Hall–Kier alpha value is -4.30. The summed E-state index contributed by atoms with van der Waals surface area (Å²) in [6.45, 7) is 7.92. The molecular formula is C29H34N6O2. The number of hydrogen-bond acceptors (Lipinski definition) is 8. The molecule has 0 saturated carbocycles. The van der Waals surface area contributed by atoms with E-state index >= 15 is 0 Å². The fourth-order valence-electron chi connectivity index (χ4n) is 3.93. The fraction of sp³-hybridized carbons (Fsp3) is 0.241. The second-order valence-corrected chi connectivity index (χ2v) is 8.43. The van der Waals surface area contributed by atoms with Gasteiger partial charge in [-0.25, -0.2) is 4.98 Å². The molecule has 4 rings (SSSR count). The number of ether oxygens (including phenoxy) is 2. The van der Waals surface area contributed by atoms with Crippen LogP contribution in [0.4, 0.5) is 28.8 Å². The quantitative estimate of drug-likeness (QED) is 0.206. The molecule has 1 heterocycles. The molecular weight excluding hydrogens is 464 g/mol. The lowest BCUT2D eigenvalue weighted by Crippen LogP contribution is -2.27. The van der Waals surface area contributed by atoms with Gasteiger partial charge in [0.2, 0.25) is 5.95 Å². The minimum Gasteiger partial charge on any atom is -0.495 e. The van der Waals surface area contributed by atoms with Crippen LogP contribution in [0.15, 0.2) is 79.0 Å². The van der Waals surface area contributed by atoms with Gasteiger partial charge in [-0.05, 0) is 67.2 Å². The Morgan fingerprint density at radius 1 is 0.919 bits per heavy atom. The summed E-state index contributed by atoms with van der Waals surface area (Å²) in [4.78, 5) is 11.7. The van der Waals surface area contributed by atoms with Gasteiger partial charge in [0.1, 0.15) is 23.9 Å². The molecule has 192 valence electrons. The van der Waals surface area contributed by atoms with E-state index in [4.69, 9.17) is 20.2 Å². The van der Waals surface area contributed by atoms with Gasteiger partial charge in [0.05, 0.1) is 12.8 Å². The molecule has 0 spiro atoms. The van der Waals surface area contributed by atoms with E-state index in [2.05, 4.69) is 34.4 Å². The smallest absolute Gasteiger partial charge is 0.229 e. The van der Waals surface area contributed by atoms with E-state index in [-0.39, 0.29) is 0 Å². The third-order valence-corrected chi connectivity index (χ3v) is 6.03. The molecule has 3 aromatic carbocycles. The molecule has 0 amide bonds. The molecule has 0 fully saturated rings. The van der Waals surface area contributed by atoms with Gasteiger partial charge in [-0.15, -0.1) is 0 Å². The number of rotatable bonds is 12. The molecule has 0 atom stereocenters. The lowest BCUT2D eigenvalue weighted by atomic mass is 10.1. The van der Waals surface area contributed by atoms with Crippen molar-refractivity contribution in [1.29, 1.82) is 0 Å². The monoisotopic (exact) mass is 498 g/mol. The summed E-state index contributed by atoms with van der Waals surface area (Å²) in [6.07, 6.45) is 1.78.